The Labute approximate surface area is 109 Å². The number of ether oxygens (including phenoxy) is 1. The maximum absolute atomic E-state index is 10.0. The van der Waals surface area contributed by atoms with Crippen LogP contribution < -0.4 is 0 Å². The van der Waals surface area contributed by atoms with Crippen LogP contribution in [0.25, 0.3) is 0 Å². The summed E-state index contributed by atoms with van der Waals surface area (Å²) in [5, 5.41) is 10.0. The molecule has 1 aliphatic rings. The van der Waals surface area contributed by atoms with Crippen LogP contribution in [0.5, 0.6) is 5.75 Å². The number of phenolic OH excluding ortho intramolecular Hbond substituents is 1. The van der Waals surface area contributed by atoms with Crippen molar-refractivity contribution in [1.29, 1.82) is 0 Å². The van der Waals surface area contributed by atoms with Crippen molar-refractivity contribution < 1.29 is 9.84 Å². The highest BCUT2D eigenvalue weighted by Crippen LogP contribution is 2.24. The first-order valence-corrected chi connectivity index (χ1v) is 6.76. The molecule has 2 rings (SSSR count). The van der Waals surface area contributed by atoms with Crippen molar-refractivity contribution >= 4 is 0 Å². The number of hydrogen-bond donors (Lipinski definition) is 1. The van der Waals surface area contributed by atoms with Gasteiger partial charge in [-0.3, -0.25) is 4.90 Å². The largest absolute Gasteiger partial charge is 0.507 e. The summed E-state index contributed by atoms with van der Waals surface area (Å²) >= 11 is 0. The zero-order valence-corrected chi connectivity index (χ0v) is 11.4. The zero-order valence-electron chi connectivity index (χ0n) is 11.4. The van der Waals surface area contributed by atoms with Crippen LogP contribution in [0.1, 0.15) is 23.1 Å². The first-order valence-electron chi connectivity index (χ1n) is 6.76. The highest BCUT2D eigenvalue weighted by molar-refractivity contribution is 5.42. The smallest absolute Gasteiger partial charge is 0.121 e. The van der Waals surface area contributed by atoms with Gasteiger partial charge in [0.25, 0.3) is 0 Å². The van der Waals surface area contributed by atoms with Crippen molar-refractivity contribution in [3.8, 4) is 5.75 Å². The number of nitrogens with zero attached hydrogens (tertiary/aromatic N) is 1. The van der Waals surface area contributed by atoms with Gasteiger partial charge in [0, 0.05) is 13.1 Å². The maximum Gasteiger partial charge on any atom is 0.121 e. The first-order chi connectivity index (χ1) is 8.66. The average molecular weight is 249 g/mol. The van der Waals surface area contributed by atoms with Crippen LogP contribution in [0, 0.1) is 13.8 Å². The van der Waals surface area contributed by atoms with Crippen LogP contribution in [0.15, 0.2) is 12.1 Å². The van der Waals surface area contributed by atoms with Gasteiger partial charge in [0.15, 0.2) is 0 Å². The van der Waals surface area contributed by atoms with Crippen LogP contribution in [0.3, 0.4) is 0 Å². The van der Waals surface area contributed by atoms with E-state index in [2.05, 4.69) is 17.9 Å². The second kappa shape index (κ2) is 6.21. The second-order valence-electron chi connectivity index (χ2n) is 5.15. The quantitative estimate of drug-likeness (QED) is 0.888. The molecule has 0 radical (unpaired) electrons. The topological polar surface area (TPSA) is 32.7 Å². The average Bonchev–Trinajstić information content (AvgIpc) is 2.36. The van der Waals surface area contributed by atoms with Gasteiger partial charge in [-0.2, -0.15) is 0 Å². The number of hydrogen-bond acceptors (Lipinski definition) is 3. The lowest BCUT2D eigenvalue weighted by Gasteiger charge is -2.26. The van der Waals surface area contributed by atoms with E-state index < -0.39 is 0 Å². The molecule has 100 valence electrons. The Morgan fingerprint density at radius 3 is 2.67 bits per heavy atom. The molecular formula is C15H23NO2. The van der Waals surface area contributed by atoms with Gasteiger partial charge in [0.2, 0.25) is 0 Å². The molecule has 1 aromatic carbocycles. The van der Waals surface area contributed by atoms with Crippen molar-refractivity contribution in [2.45, 2.75) is 26.7 Å². The maximum atomic E-state index is 10.0. The molecule has 1 aliphatic heterocycles. The number of phenols is 1. The van der Waals surface area contributed by atoms with E-state index in [0.29, 0.717) is 5.75 Å². The highest BCUT2D eigenvalue weighted by atomic mass is 16.5. The predicted octanol–water partition coefficient (Wildman–Crippen LogP) is 2.27. The fourth-order valence-corrected chi connectivity index (χ4v) is 2.56. The molecule has 0 aliphatic carbocycles. The Morgan fingerprint density at radius 1 is 1.22 bits per heavy atom. The molecule has 0 aromatic heterocycles. The highest BCUT2D eigenvalue weighted by Gasteiger charge is 2.10. The number of aromatic hydroxyl groups is 1. The lowest BCUT2D eigenvalue weighted by atomic mass is 10.0. The van der Waals surface area contributed by atoms with E-state index in [4.69, 9.17) is 4.74 Å². The van der Waals surface area contributed by atoms with E-state index in [9.17, 15) is 5.11 Å². The van der Waals surface area contributed by atoms with Gasteiger partial charge in [-0.05, 0) is 44.4 Å². The monoisotopic (exact) mass is 249 g/mol. The fourth-order valence-electron chi connectivity index (χ4n) is 2.56. The molecule has 1 heterocycles. The molecule has 1 fully saturated rings. The van der Waals surface area contributed by atoms with Crippen molar-refractivity contribution in [3.05, 3.63) is 28.8 Å². The lowest BCUT2D eigenvalue weighted by molar-refractivity contribution is 0.0374. The molecule has 1 N–H and O–H groups in total. The summed E-state index contributed by atoms with van der Waals surface area (Å²) in [6.07, 6.45) is 2.04. The minimum absolute atomic E-state index is 0.475. The summed E-state index contributed by atoms with van der Waals surface area (Å²) in [4.78, 5) is 2.43. The number of benzene rings is 1. The molecule has 0 saturated carbocycles. The van der Waals surface area contributed by atoms with E-state index in [1.807, 2.05) is 13.0 Å². The number of rotatable bonds is 4. The normalized spacial score (nSPS) is 17.0. The number of morpholine rings is 1. The molecule has 0 atom stereocenters. The summed E-state index contributed by atoms with van der Waals surface area (Å²) < 4.78 is 5.33. The van der Waals surface area contributed by atoms with Gasteiger partial charge in [0.1, 0.15) is 5.75 Å². The zero-order chi connectivity index (χ0) is 13.0. The third kappa shape index (κ3) is 3.47. The van der Waals surface area contributed by atoms with E-state index >= 15 is 0 Å². The molecule has 1 aromatic rings. The Bertz CT molecular complexity index is 398. The standard InChI is InChI=1S/C15H23NO2/c1-12-10-13(2)15(17)14(11-12)4-3-5-16-6-8-18-9-7-16/h10-11,17H,3-9H2,1-2H3. The Kier molecular flexibility index (Phi) is 4.61. The molecule has 0 unspecified atom stereocenters. The minimum atomic E-state index is 0.475. The third-order valence-electron chi connectivity index (χ3n) is 3.55. The lowest BCUT2D eigenvalue weighted by Crippen LogP contribution is -2.36. The van der Waals surface area contributed by atoms with Crippen LogP contribution in [0.2, 0.25) is 0 Å². The summed E-state index contributed by atoms with van der Waals surface area (Å²) in [5.41, 5.74) is 3.30. The van der Waals surface area contributed by atoms with E-state index in [1.54, 1.807) is 0 Å². The van der Waals surface area contributed by atoms with Crippen LogP contribution in [-0.2, 0) is 11.2 Å². The van der Waals surface area contributed by atoms with Crippen LogP contribution >= 0.6 is 0 Å². The van der Waals surface area contributed by atoms with Gasteiger partial charge in [-0.1, -0.05) is 17.7 Å². The predicted molar refractivity (Wildman–Crippen MR) is 73.2 cm³/mol. The summed E-state index contributed by atoms with van der Waals surface area (Å²) in [6.45, 7) is 8.93. The molecular weight excluding hydrogens is 226 g/mol. The van der Waals surface area contributed by atoms with Crippen molar-refractivity contribution in [1.82, 2.24) is 4.90 Å². The Hall–Kier alpha value is -1.06. The molecule has 3 nitrogen and oxygen atoms in total. The number of aryl methyl sites for hydroxylation is 3. The molecule has 0 bridgehead atoms. The molecule has 0 amide bonds. The summed E-state index contributed by atoms with van der Waals surface area (Å²) in [5.74, 6) is 0.475. The van der Waals surface area contributed by atoms with Gasteiger partial charge < -0.3 is 9.84 Å². The van der Waals surface area contributed by atoms with Crippen molar-refractivity contribution in [2.24, 2.45) is 0 Å². The SMILES string of the molecule is Cc1cc(C)c(O)c(CCCN2CCOCC2)c1. The first kappa shape index (κ1) is 13.4. The summed E-state index contributed by atoms with van der Waals surface area (Å²) in [6, 6.07) is 4.13. The molecule has 3 heteroatoms. The van der Waals surface area contributed by atoms with Gasteiger partial charge >= 0.3 is 0 Å². The molecule has 0 spiro atoms. The Morgan fingerprint density at radius 2 is 1.94 bits per heavy atom. The Balaban J connectivity index is 1.86. The van der Waals surface area contributed by atoms with Crippen molar-refractivity contribution in [3.63, 3.8) is 0 Å². The van der Waals surface area contributed by atoms with Gasteiger partial charge in [-0.25, -0.2) is 0 Å². The van der Waals surface area contributed by atoms with E-state index in [0.717, 1.165) is 56.8 Å². The van der Waals surface area contributed by atoms with E-state index in [-0.39, 0.29) is 0 Å². The van der Waals surface area contributed by atoms with Crippen LogP contribution in [0.4, 0.5) is 0 Å². The third-order valence-corrected chi connectivity index (χ3v) is 3.55. The summed E-state index contributed by atoms with van der Waals surface area (Å²) in [7, 11) is 0. The van der Waals surface area contributed by atoms with Gasteiger partial charge in [0.05, 0.1) is 13.2 Å². The minimum Gasteiger partial charge on any atom is -0.507 e. The van der Waals surface area contributed by atoms with Crippen molar-refractivity contribution in [2.75, 3.05) is 32.8 Å². The van der Waals surface area contributed by atoms with Crippen LogP contribution in [-0.4, -0.2) is 42.9 Å². The van der Waals surface area contributed by atoms with E-state index in [1.165, 1.54) is 5.56 Å². The fraction of sp³-hybridized carbons (Fsp3) is 0.600. The molecule has 18 heavy (non-hydrogen) atoms. The molecule has 1 saturated heterocycles. The van der Waals surface area contributed by atoms with Gasteiger partial charge in [-0.15, -0.1) is 0 Å². The second-order valence-corrected chi connectivity index (χ2v) is 5.15.